The third kappa shape index (κ3) is 2.59. The summed E-state index contributed by atoms with van der Waals surface area (Å²) in [6.07, 6.45) is 2.65. The molecule has 0 saturated carbocycles. The lowest BCUT2D eigenvalue weighted by Gasteiger charge is -2.03. The molecule has 3 aromatic heterocycles. The van der Waals surface area contributed by atoms with Gasteiger partial charge in [-0.3, -0.25) is 14.9 Å². The minimum atomic E-state index is -1.08. The molecule has 0 aliphatic rings. The van der Waals surface area contributed by atoms with Crippen molar-refractivity contribution in [2.45, 2.75) is 6.54 Å². The molecule has 9 nitrogen and oxygen atoms in total. The van der Waals surface area contributed by atoms with Crippen LogP contribution in [-0.4, -0.2) is 30.0 Å². The summed E-state index contributed by atoms with van der Waals surface area (Å²) in [5.74, 6) is -2.72. The van der Waals surface area contributed by atoms with Crippen LogP contribution in [0, 0.1) is 11.6 Å². The second-order valence-corrected chi connectivity index (χ2v) is 5.51. The zero-order valence-electron chi connectivity index (χ0n) is 13.2. The Bertz CT molecular complexity index is 1190. The number of halogens is 2. The van der Waals surface area contributed by atoms with Crippen molar-refractivity contribution in [2.75, 3.05) is 5.32 Å². The standard InChI is InChI=1S/C15H10F2N6O3/c1-22-5-18-13-12(14(22)25)23(6-19-13)4-11(24)21-15-20-9-2-7(16)8(17)3-10(9)26-15/h2-3,5-6H,4H2,1H3,(H,20,21,24). The van der Waals surface area contributed by atoms with Gasteiger partial charge in [0.1, 0.15) is 12.1 Å². The van der Waals surface area contributed by atoms with E-state index in [4.69, 9.17) is 4.42 Å². The number of nitrogens with one attached hydrogen (secondary N) is 1. The predicted octanol–water partition coefficient (Wildman–Crippen LogP) is 1.19. The molecule has 26 heavy (non-hydrogen) atoms. The highest BCUT2D eigenvalue weighted by Gasteiger charge is 2.15. The number of nitrogens with zero attached hydrogens (tertiary/aromatic N) is 5. The van der Waals surface area contributed by atoms with Crippen molar-refractivity contribution in [1.82, 2.24) is 24.1 Å². The Kier molecular flexibility index (Phi) is 3.49. The molecule has 4 rings (SSSR count). The molecule has 0 bridgehead atoms. The number of benzene rings is 1. The van der Waals surface area contributed by atoms with Crippen LogP contribution in [0.25, 0.3) is 22.3 Å². The van der Waals surface area contributed by atoms with Crippen molar-refractivity contribution in [3.8, 4) is 0 Å². The quantitative estimate of drug-likeness (QED) is 0.588. The first-order valence-corrected chi connectivity index (χ1v) is 7.34. The number of amides is 1. The number of anilines is 1. The van der Waals surface area contributed by atoms with Gasteiger partial charge < -0.3 is 13.6 Å². The Labute approximate surface area is 142 Å². The van der Waals surface area contributed by atoms with Crippen molar-refractivity contribution in [2.24, 2.45) is 7.05 Å². The number of fused-ring (bicyclic) bond motifs is 2. The maximum Gasteiger partial charge on any atom is 0.302 e. The molecule has 0 fully saturated rings. The van der Waals surface area contributed by atoms with Gasteiger partial charge in [-0.1, -0.05) is 0 Å². The van der Waals surface area contributed by atoms with Crippen LogP contribution in [0.1, 0.15) is 0 Å². The SMILES string of the molecule is Cn1cnc2ncn(CC(=O)Nc3nc4cc(F)c(F)cc4o3)c2c1=O. The number of hydrogen-bond donors (Lipinski definition) is 1. The Morgan fingerprint density at radius 1 is 1.23 bits per heavy atom. The zero-order valence-corrected chi connectivity index (χ0v) is 13.2. The highest BCUT2D eigenvalue weighted by molar-refractivity contribution is 5.90. The fourth-order valence-electron chi connectivity index (χ4n) is 2.46. The molecule has 0 atom stereocenters. The van der Waals surface area contributed by atoms with Gasteiger partial charge in [-0.15, -0.1) is 0 Å². The van der Waals surface area contributed by atoms with Gasteiger partial charge in [0.25, 0.3) is 5.56 Å². The van der Waals surface area contributed by atoms with E-state index in [9.17, 15) is 18.4 Å². The Morgan fingerprint density at radius 3 is 2.77 bits per heavy atom. The first-order valence-electron chi connectivity index (χ1n) is 7.34. The Balaban J connectivity index is 1.60. The maximum atomic E-state index is 13.2. The summed E-state index contributed by atoms with van der Waals surface area (Å²) < 4.78 is 34.2. The van der Waals surface area contributed by atoms with Gasteiger partial charge in [0.15, 0.2) is 28.4 Å². The molecule has 1 amide bonds. The lowest BCUT2D eigenvalue weighted by Crippen LogP contribution is -2.23. The van der Waals surface area contributed by atoms with Crippen molar-refractivity contribution < 1.29 is 18.0 Å². The van der Waals surface area contributed by atoms with Gasteiger partial charge in [-0.25, -0.2) is 18.7 Å². The smallest absolute Gasteiger partial charge is 0.302 e. The monoisotopic (exact) mass is 360 g/mol. The van der Waals surface area contributed by atoms with Gasteiger partial charge in [-0.05, 0) is 0 Å². The molecular weight excluding hydrogens is 350 g/mol. The van der Waals surface area contributed by atoms with E-state index >= 15 is 0 Å². The minimum Gasteiger partial charge on any atom is -0.423 e. The molecule has 0 aliphatic carbocycles. The largest absolute Gasteiger partial charge is 0.423 e. The average Bonchev–Trinajstić information content (AvgIpc) is 3.15. The molecule has 132 valence electrons. The minimum absolute atomic E-state index is 0.00894. The highest BCUT2D eigenvalue weighted by Crippen LogP contribution is 2.21. The molecule has 0 saturated heterocycles. The fourth-order valence-corrected chi connectivity index (χ4v) is 2.46. The molecule has 4 aromatic rings. The summed E-state index contributed by atoms with van der Waals surface area (Å²) in [6, 6.07) is 1.49. The van der Waals surface area contributed by atoms with Gasteiger partial charge in [0.2, 0.25) is 5.91 Å². The number of carbonyl (C=O) groups excluding carboxylic acids is 1. The summed E-state index contributed by atoms with van der Waals surface area (Å²) >= 11 is 0. The normalized spacial score (nSPS) is 11.3. The molecular formula is C15H10F2N6O3. The third-order valence-corrected chi connectivity index (χ3v) is 3.69. The number of carbonyl (C=O) groups is 1. The van der Waals surface area contributed by atoms with Crippen LogP contribution in [0.3, 0.4) is 0 Å². The summed E-state index contributed by atoms with van der Waals surface area (Å²) in [5, 5.41) is 2.37. The number of aromatic nitrogens is 5. The summed E-state index contributed by atoms with van der Waals surface area (Å²) in [5.41, 5.74) is 0.0874. The van der Waals surface area contributed by atoms with Gasteiger partial charge >= 0.3 is 6.01 Å². The van der Waals surface area contributed by atoms with Crippen molar-refractivity contribution in [3.05, 3.63) is 46.8 Å². The second kappa shape index (κ2) is 5.72. The van der Waals surface area contributed by atoms with Gasteiger partial charge in [0.05, 0.1) is 12.7 Å². The molecule has 0 radical (unpaired) electrons. The van der Waals surface area contributed by atoms with Crippen LogP contribution in [0.15, 0.2) is 34.0 Å². The summed E-state index contributed by atoms with van der Waals surface area (Å²) in [7, 11) is 1.53. The van der Waals surface area contributed by atoms with Crippen LogP contribution in [0.2, 0.25) is 0 Å². The van der Waals surface area contributed by atoms with E-state index in [0.717, 1.165) is 12.1 Å². The zero-order chi connectivity index (χ0) is 18.4. The van der Waals surface area contributed by atoms with E-state index in [1.54, 1.807) is 0 Å². The Morgan fingerprint density at radius 2 is 1.96 bits per heavy atom. The van der Waals surface area contributed by atoms with Crippen molar-refractivity contribution >= 4 is 34.2 Å². The number of rotatable bonds is 3. The summed E-state index contributed by atoms with van der Waals surface area (Å²) in [6.45, 7) is -0.251. The Hall–Kier alpha value is -3.63. The molecule has 3 heterocycles. The maximum absolute atomic E-state index is 13.2. The fraction of sp³-hybridized carbons (Fsp3) is 0.133. The van der Waals surface area contributed by atoms with E-state index in [-0.39, 0.29) is 40.4 Å². The lowest BCUT2D eigenvalue weighted by atomic mass is 10.3. The lowest BCUT2D eigenvalue weighted by molar-refractivity contribution is -0.116. The molecule has 1 aromatic carbocycles. The number of aryl methyl sites for hydroxylation is 1. The first kappa shape index (κ1) is 15.9. The van der Waals surface area contributed by atoms with E-state index in [1.807, 2.05) is 0 Å². The predicted molar refractivity (Wildman–Crippen MR) is 85.3 cm³/mol. The van der Waals surface area contributed by atoms with Crippen LogP contribution in [0.5, 0.6) is 0 Å². The second-order valence-electron chi connectivity index (χ2n) is 5.51. The van der Waals surface area contributed by atoms with Crippen LogP contribution < -0.4 is 10.9 Å². The molecule has 0 unspecified atom stereocenters. The topological polar surface area (TPSA) is 108 Å². The number of hydrogen-bond acceptors (Lipinski definition) is 6. The molecule has 0 aliphatic heterocycles. The van der Waals surface area contributed by atoms with Crippen molar-refractivity contribution in [3.63, 3.8) is 0 Å². The third-order valence-electron chi connectivity index (χ3n) is 3.69. The molecule has 1 N–H and O–H groups in total. The van der Waals surface area contributed by atoms with E-state index in [2.05, 4.69) is 20.3 Å². The van der Waals surface area contributed by atoms with E-state index in [1.165, 1.54) is 28.8 Å². The first-order chi connectivity index (χ1) is 12.4. The summed E-state index contributed by atoms with van der Waals surface area (Å²) in [4.78, 5) is 36.2. The molecule has 11 heteroatoms. The molecule has 0 spiro atoms. The van der Waals surface area contributed by atoms with Crippen LogP contribution in [0.4, 0.5) is 14.8 Å². The van der Waals surface area contributed by atoms with E-state index in [0.29, 0.717) is 0 Å². The highest BCUT2D eigenvalue weighted by atomic mass is 19.2. The van der Waals surface area contributed by atoms with E-state index < -0.39 is 17.5 Å². The van der Waals surface area contributed by atoms with Crippen LogP contribution >= 0.6 is 0 Å². The average molecular weight is 360 g/mol. The number of oxazole rings is 1. The van der Waals surface area contributed by atoms with Gasteiger partial charge in [0, 0.05) is 19.2 Å². The number of imidazole rings is 1. The van der Waals surface area contributed by atoms with Crippen molar-refractivity contribution in [1.29, 1.82) is 0 Å². The van der Waals surface area contributed by atoms with Gasteiger partial charge in [-0.2, -0.15) is 4.98 Å². The van der Waals surface area contributed by atoms with Crippen LogP contribution in [-0.2, 0) is 18.4 Å².